The smallest absolute Gasteiger partial charge is 0.224 e. The van der Waals surface area contributed by atoms with Gasteiger partial charge in [-0.2, -0.15) is 0 Å². The molecule has 138 valence electrons. The van der Waals surface area contributed by atoms with Gasteiger partial charge in [-0.1, -0.05) is 25.0 Å². The third kappa shape index (κ3) is 4.09. The molecule has 1 saturated carbocycles. The normalized spacial score (nSPS) is 29.5. The highest BCUT2D eigenvalue weighted by molar-refractivity contribution is 5.80. The van der Waals surface area contributed by atoms with Crippen LogP contribution in [0.25, 0.3) is 0 Å². The number of nitrogens with zero attached hydrogens (tertiary/aromatic N) is 1. The fourth-order valence-electron chi connectivity index (χ4n) is 4.27. The van der Waals surface area contributed by atoms with Crippen molar-refractivity contribution in [1.82, 2.24) is 5.32 Å². The van der Waals surface area contributed by atoms with Crippen LogP contribution in [0.4, 0.5) is 5.69 Å². The summed E-state index contributed by atoms with van der Waals surface area (Å²) in [6.45, 7) is 4.70. The molecule has 1 aromatic carbocycles. The van der Waals surface area contributed by atoms with Crippen molar-refractivity contribution < 1.29 is 9.53 Å². The topological polar surface area (TPSA) is 67.6 Å². The molecule has 25 heavy (non-hydrogen) atoms. The predicted octanol–water partition coefficient (Wildman–Crippen LogP) is 2.55. The maximum absolute atomic E-state index is 12.6. The highest BCUT2D eigenvalue weighted by Crippen LogP contribution is 2.33. The van der Waals surface area contributed by atoms with E-state index in [9.17, 15) is 4.79 Å². The number of nitrogens with one attached hydrogen (secondary N) is 1. The first kappa shape index (κ1) is 18.1. The van der Waals surface area contributed by atoms with Crippen LogP contribution in [0, 0.1) is 11.8 Å². The molecule has 0 spiro atoms. The standard InChI is InChI=1S/C20H31N3O2/c1-20(21)11-6-5-7-16(20)19(24)22-13-15-10-12-23(14-15)17-8-3-4-9-18(17)25-2/h3-4,8-9,15-16H,5-7,10-14,21H2,1-2H3,(H,22,24). The lowest BCUT2D eigenvalue weighted by atomic mass is 9.74. The SMILES string of the molecule is COc1ccccc1N1CCC(CNC(=O)C2CCCCC2(C)N)C1. The zero-order valence-corrected chi connectivity index (χ0v) is 15.5. The Bertz CT molecular complexity index is 602. The minimum Gasteiger partial charge on any atom is -0.495 e. The Morgan fingerprint density at radius 2 is 2.16 bits per heavy atom. The molecule has 1 amide bonds. The van der Waals surface area contributed by atoms with Crippen molar-refractivity contribution in [1.29, 1.82) is 0 Å². The average molecular weight is 345 g/mol. The van der Waals surface area contributed by atoms with E-state index >= 15 is 0 Å². The van der Waals surface area contributed by atoms with Gasteiger partial charge in [0.15, 0.2) is 0 Å². The summed E-state index contributed by atoms with van der Waals surface area (Å²) in [5.74, 6) is 1.48. The molecule has 1 aromatic rings. The fourth-order valence-corrected chi connectivity index (χ4v) is 4.27. The molecule has 0 bridgehead atoms. The van der Waals surface area contributed by atoms with Crippen molar-refractivity contribution in [3.05, 3.63) is 24.3 Å². The first-order valence-corrected chi connectivity index (χ1v) is 9.46. The summed E-state index contributed by atoms with van der Waals surface area (Å²) < 4.78 is 5.47. The van der Waals surface area contributed by atoms with Crippen LogP contribution in [-0.2, 0) is 4.79 Å². The molecular weight excluding hydrogens is 314 g/mol. The lowest BCUT2D eigenvalue weighted by Gasteiger charge is -2.37. The van der Waals surface area contributed by atoms with Crippen LogP contribution in [-0.4, -0.2) is 38.2 Å². The Kier molecular flexibility index (Phi) is 5.52. The summed E-state index contributed by atoms with van der Waals surface area (Å²) >= 11 is 0. The van der Waals surface area contributed by atoms with Gasteiger partial charge in [-0.05, 0) is 44.2 Å². The molecule has 3 rings (SSSR count). The fraction of sp³-hybridized carbons (Fsp3) is 0.650. The van der Waals surface area contributed by atoms with E-state index in [0.29, 0.717) is 5.92 Å². The largest absolute Gasteiger partial charge is 0.495 e. The van der Waals surface area contributed by atoms with E-state index in [4.69, 9.17) is 10.5 Å². The van der Waals surface area contributed by atoms with Gasteiger partial charge < -0.3 is 20.7 Å². The second-order valence-electron chi connectivity index (χ2n) is 7.82. The van der Waals surface area contributed by atoms with Crippen molar-refractivity contribution in [2.45, 2.75) is 44.6 Å². The summed E-state index contributed by atoms with van der Waals surface area (Å²) in [6, 6.07) is 8.12. The summed E-state index contributed by atoms with van der Waals surface area (Å²) in [5.41, 5.74) is 7.13. The van der Waals surface area contributed by atoms with Gasteiger partial charge in [-0.25, -0.2) is 0 Å². The van der Waals surface area contributed by atoms with Crippen LogP contribution in [0.1, 0.15) is 39.0 Å². The number of anilines is 1. The van der Waals surface area contributed by atoms with Crippen LogP contribution in [0.15, 0.2) is 24.3 Å². The number of rotatable bonds is 5. The van der Waals surface area contributed by atoms with Gasteiger partial charge >= 0.3 is 0 Å². The Morgan fingerprint density at radius 1 is 1.36 bits per heavy atom. The Labute approximate surface area is 150 Å². The van der Waals surface area contributed by atoms with E-state index < -0.39 is 0 Å². The molecule has 2 aliphatic rings. The molecule has 1 saturated heterocycles. The van der Waals surface area contributed by atoms with E-state index in [1.54, 1.807) is 7.11 Å². The highest BCUT2D eigenvalue weighted by Gasteiger charge is 2.38. The monoisotopic (exact) mass is 345 g/mol. The Morgan fingerprint density at radius 3 is 2.92 bits per heavy atom. The molecular formula is C20H31N3O2. The van der Waals surface area contributed by atoms with Crippen molar-refractivity contribution in [2.24, 2.45) is 17.6 Å². The van der Waals surface area contributed by atoms with E-state index in [2.05, 4.69) is 16.3 Å². The number of nitrogens with two attached hydrogens (primary N) is 1. The number of methoxy groups -OCH3 is 1. The van der Waals surface area contributed by atoms with Crippen LogP contribution < -0.4 is 20.7 Å². The first-order valence-electron chi connectivity index (χ1n) is 9.46. The number of para-hydroxylation sites is 2. The molecule has 0 radical (unpaired) electrons. The van der Waals surface area contributed by atoms with Gasteiger partial charge in [0.2, 0.25) is 5.91 Å². The van der Waals surface area contributed by atoms with E-state index in [-0.39, 0.29) is 17.4 Å². The van der Waals surface area contributed by atoms with Crippen LogP contribution in [0.5, 0.6) is 5.75 Å². The van der Waals surface area contributed by atoms with Crippen LogP contribution in [0.2, 0.25) is 0 Å². The molecule has 5 nitrogen and oxygen atoms in total. The second-order valence-corrected chi connectivity index (χ2v) is 7.82. The van der Waals surface area contributed by atoms with Gasteiger partial charge in [0, 0.05) is 25.2 Å². The number of amides is 1. The summed E-state index contributed by atoms with van der Waals surface area (Å²) in [6.07, 6.45) is 5.18. The van der Waals surface area contributed by atoms with Crippen molar-refractivity contribution >= 4 is 11.6 Å². The maximum Gasteiger partial charge on any atom is 0.224 e. The van der Waals surface area contributed by atoms with Crippen molar-refractivity contribution in [2.75, 3.05) is 31.6 Å². The highest BCUT2D eigenvalue weighted by atomic mass is 16.5. The minimum atomic E-state index is -0.360. The van der Waals surface area contributed by atoms with E-state index in [1.807, 2.05) is 25.1 Å². The second kappa shape index (κ2) is 7.65. The number of hydrogen-bond acceptors (Lipinski definition) is 4. The minimum absolute atomic E-state index is 0.0482. The maximum atomic E-state index is 12.6. The van der Waals surface area contributed by atoms with Gasteiger partial charge in [0.1, 0.15) is 5.75 Å². The molecule has 1 aliphatic carbocycles. The third-order valence-corrected chi connectivity index (χ3v) is 5.85. The number of hydrogen-bond donors (Lipinski definition) is 2. The zero-order valence-electron chi connectivity index (χ0n) is 15.5. The molecule has 5 heteroatoms. The molecule has 3 atom stereocenters. The Hall–Kier alpha value is -1.75. The molecule has 3 unspecified atom stereocenters. The third-order valence-electron chi connectivity index (χ3n) is 5.85. The lowest BCUT2D eigenvalue weighted by molar-refractivity contribution is -0.128. The summed E-state index contributed by atoms with van der Waals surface area (Å²) in [4.78, 5) is 14.9. The Balaban J connectivity index is 1.52. The zero-order chi connectivity index (χ0) is 17.9. The summed E-state index contributed by atoms with van der Waals surface area (Å²) in [7, 11) is 1.71. The quantitative estimate of drug-likeness (QED) is 0.861. The first-order chi connectivity index (χ1) is 12.0. The van der Waals surface area contributed by atoms with Gasteiger partial charge in [-0.15, -0.1) is 0 Å². The lowest BCUT2D eigenvalue weighted by Crippen LogP contribution is -2.53. The number of benzene rings is 1. The average Bonchev–Trinajstić information content (AvgIpc) is 3.08. The summed E-state index contributed by atoms with van der Waals surface area (Å²) in [5, 5.41) is 3.17. The number of carbonyl (C=O) groups excluding carboxylic acids is 1. The van der Waals surface area contributed by atoms with E-state index in [0.717, 1.165) is 63.2 Å². The number of ether oxygens (including phenoxy) is 1. The van der Waals surface area contributed by atoms with Gasteiger partial charge in [0.05, 0.1) is 18.7 Å². The molecule has 2 fully saturated rings. The van der Waals surface area contributed by atoms with Crippen molar-refractivity contribution in [3.8, 4) is 5.75 Å². The predicted molar refractivity (Wildman–Crippen MR) is 101 cm³/mol. The van der Waals surface area contributed by atoms with Crippen LogP contribution in [0.3, 0.4) is 0 Å². The number of carbonyl (C=O) groups is 1. The van der Waals surface area contributed by atoms with Gasteiger partial charge in [-0.3, -0.25) is 4.79 Å². The van der Waals surface area contributed by atoms with Crippen molar-refractivity contribution in [3.63, 3.8) is 0 Å². The molecule has 1 heterocycles. The van der Waals surface area contributed by atoms with E-state index in [1.165, 1.54) is 0 Å². The van der Waals surface area contributed by atoms with Crippen LogP contribution >= 0.6 is 0 Å². The van der Waals surface area contributed by atoms with Gasteiger partial charge in [0.25, 0.3) is 0 Å². The molecule has 1 aliphatic heterocycles. The molecule has 0 aromatic heterocycles. The molecule has 3 N–H and O–H groups in total.